The van der Waals surface area contributed by atoms with Crippen molar-refractivity contribution in [3.63, 3.8) is 0 Å². The van der Waals surface area contributed by atoms with Gasteiger partial charge in [-0.15, -0.1) is 0 Å². The van der Waals surface area contributed by atoms with E-state index in [1.165, 1.54) is 19.3 Å². The molecule has 162 valence electrons. The van der Waals surface area contributed by atoms with E-state index in [1.54, 1.807) is 0 Å². The summed E-state index contributed by atoms with van der Waals surface area (Å²) in [6.07, 6.45) is 6.91. The molecule has 0 saturated heterocycles. The summed E-state index contributed by atoms with van der Waals surface area (Å²) in [5.41, 5.74) is 1.71. The first kappa shape index (κ1) is 20.6. The number of benzene rings is 2. The quantitative estimate of drug-likeness (QED) is 0.678. The van der Waals surface area contributed by atoms with Crippen LogP contribution in [0.5, 0.6) is 0 Å². The Kier molecular flexibility index (Phi) is 5.51. The molecular formula is C26H29ClN2O2. The second-order valence-corrected chi connectivity index (χ2v) is 10.3. The largest absolute Gasteiger partial charge is 0.347 e. The number of amides is 2. The fraction of sp³-hybridized carbons (Fsp3) is 0.462. The molecule has 4 fully saturated rings. The molecule has 5 heteroatoms. The summed E-state index contributed by atoms with van der Waals surface area (Å²) in [7, 11) is 0. The van der Waals surface area contributed by atoms with E-state index >= 15 is 0 Å². The monoisotopic (exact) mass is 436 g/mol. The zero-order valence-corrected chi connectivity index (χ0v) is 18.4. The van der Waals surface area contributed by atoms with Crippen molar-refractivity contribution in [1.82, 2.24) is 10.6 Å². The molecule has 0 radical (unpaired) electrons. The van der Waals surface area contributed by atoms with Crippen LogP contribution < -0.4 is 10.6 Å². The second-order valence-electron chi connectivity index (χ2n) is 9.84. The lowest BCUT2D eigenvalue weighted by Gasteiger charge is -2.55. The molecule has 2 N–H and O–H groups in total. The minimum atomic E-state index is -0.289. The van der Waals surface area contributed by atoms with E-state index < -0.39 is 0 Å². The Morgan fingerprint density at radius 1 is 0.871 bits per heavy atom. The van der Waals surface area contributed by atoms with E-state index in [0.29, 0.717) is 22.8 Å². The summed E-state index contributed by atoms with van der Waals surface area (Å²) < 4.78 is 0. The van der Waals surface area contributed by atoms with E-state index in [1.807, 2.05) is 54.6 Å². The maximum atomic E-state index is 13.2. The van der Waals surface area contributed by atoms with Crippen LogP contribution in [0.2, 0.25) is 5.02 Å². The van der Waals surface area contributed by atoms with Gasteiger partial charge >= 0.3 is 0 Å². The predicted octanol–water partition coefficient (Wildman–Crippen LogP) is 4.88. The Balaban J connectivity index is 1.25. The molecule has 4 saturated carbocycles. The van der Waals surface area contributed by atoms with Crippen molar-refractivity contribution >= 4 is 23.4 Å². The molecular weight excluding hydrogens is 408 g/mol. The molecule has 1 unspecified atom stereocenters. The number of carbonyl (C=O) groups excluding carboxylic acids is 2. The van der Waals surface area contributed by atoms with Gasteiger partial charge in [0.1, 0.15) is 0 Å². The third-order valence-electron chi connectivity index (χ3n) is 7.57. The molecule has 0 aromatic heterocycles. The molecule has 4 nitrogen and oxygen atoms in total. The average molecular weight is 437 g/mol. The van der Waals surface area contributed by atoms with Gasteiger partial charge in [-0.05, 0) is 79.5 Å². The van der Waals surface area contributed by atoms with E-state index in [-0.39, 0.29) is 29.8 Å². The van der Waals surface area contributed by atoms with Gasteiger partial charge in [0.05, 0.1) is 12.6 Å². The van der Waals surface area contributed by atoms with Gasteiger partial charge in [0.15, 0.2) is 0 Å². The zero-order valence-electron chi connectivity index (χ0n) is 17.6. The van der Waals surface area contributed by atoms with Gasteiger partial charge < -0.3 is 10.6 Å². The number of hydrogen-bond donors (Lipinski definition) is 2. The van der Waals surface area contributed by atoms with Gasteiger partial charge in [-0.2, -0.15) is 0 Å². The van der Waals surface area contributed by atoms with Gasteiger partial charge in [0.2, 0.25) is 11.8 Å². The fourth-order valence-electron chi connectivity index (χ4n) is 6.61. The molecule has 4 bridgehead atoms. The fourth-order valence-corrected chi connectivity index (χ4v) is 6.73. The summed E-state index contributed by atoms with van der Waals surface area (Å²) in [5, 5.41) is 6.74. The van der Waals surface area contributed by atoms with Crippen molar-refractivity contribution in [1.29, 1.82) is 0 Å². The summed E-state index contributed by atoms with van der Waals surface area (Å²) in [6.45, 7) is 0.0114. The highest BCUT2D eigenvalue weighted by atomic mass is 35.5. The van der Waals surface area contributed by atoms with Crippen LogP contribution in [0.25, 0.3) is 0 Å². The highest BCUT2D eigenvalue weighted by molar-refractivity contribution is 6.30. The van der Waals surface area contributed by atoms with Crippen LogP contribution in [-0.2, 0) is 9.59 Å². The number of nitrogens with one attached hydrogen (secondary N) is 2. The SMILES string of the molecule is O=C(CNC(=O)C12CC3CC(CC(C3)C1)C2)NC(c1ccccc1)c1ccc(Cl)cc1. The Bertz CT molecular complexity index is 922. The third kappa shape index (κ3) is 4.23. The topological polar surface area (TPSA) is 58.2 Å². The maximum Gasteiger partial charge on any atom is 0.240 e. The highest BCUT2D eigenvalue weighted by Gasteiger charge is 2.54. The van der Waals surface area contributed by atoms with Crippen molar-refractivity contribution < 1.29 is 9.59 Å². The lowest BCUT2D eigenvalue weighted by atomic mass is 9.49. The smallest absolute Gasteiger partial charge is 0.240 e. The standard InChI is InChI=1S/C26H29ClN2O2/c27-22-8-6-21(7-9-22)24(20-4-2-1-3-5-20)29-23(30)16-28-25(31)26-13-17-10-18(14-26)12-19(11-17)15-26/h1-9,17-19,24H,10-16H2,(H,28,31)(H,29,30). The molecule has 0 spiro atoms. The average Bonchev–Trinajstić information content (AvgIpc) is 2.76. The Morgan fingerprint density at radius 3 is 2.00 bits per heavy atom. The van der Waals surface area contributed by atoms with Gasteiger partial charge in [-0.25, -0.2) is 0 Å². The van der Waals surface area contributed by atoms with E-state index in [2.05, 4.69) is 10.6 Å². The number of rotatable bonds is 6. The number of carbonyl (C=O) groups is 2. The first-order chi connectivity index (χ1) is 15.0. The molecule has 6 rings (SSSR count). The van der Waals surface area contributed by atoms with Gasteiger partial charge in [0.25, 0.3) is 0 Å². The van der Waals surface area contributed by atoms with Crippen molar-refractivity contribution in [2.24, 2.45) is 23.2 Å². The van der Waals surface area contributed by atoms with Crippen molar-refractivity contribution in [3.8, 4) is 0 Å². The Morgan fingerprint density at radius 2 is 1.42 bits per heavy atom. The molecule has 31 heavy (non-hydrogen) atoms. The molecule has 0 heterocycles. The van der Waals surface area contributed by atoms with Crippen LogP contribution in [0, 0.1) is 23.2 Å². The third-order valence-corrected chi connectivity index (χ3v) is 7.82. The molecule has 2 aromatic rings. The van der Waals surface area contributed by atoms with E-state index in [0.717, 1.165) is 30.4 Å². The Hall–Kier alpha value is -2.33. The minimum absolute atomic E-state index is 0.0114. The van der Waals surface area contributed by atoms with Crippen molar-refractivity contribution in [2.45, 2.75) is 44.6 Å². The van der Waals surface area contributed by atoms with Gasteiger partial charge in [-0.3, -0.25) is 9.59 Å². The summed E-state index contributed by atoms with van der Waals surface area (Å²) in [5.74, 6) is 2.03. The zero-order chi connectivity index (χ0) is 21.4. The lowest BCUT2D eigenvalue weighted by molar-refractivity contribution is -0.147. The molecule has 0 aliphatic heterocycles. The normalized spacial score (nSPS) is 29.4. The number of hydrogen-bond acceptors (Lipinski definition) is 2. The van der Waals surface area contributed by atoms with E-state index in [9.17, 15) is 9.59 Å². The highest BCUT2D eigenvalue weighted by Crippen LogP contribution is 2.60. The first-order valence-corrected chi connectivity index (χ1v) is 11.8. The van der Waals surface area contributed by atoms with Crippen molar-refractivity contribution in [3.05, 3.63) is 70.7 Å². The van der Waals surface area contributed by atoms with Crippen LogP contribution in [0.3, 0.4) is 0 Å². The molecule has 1 atom stereocenters. The first-order valence-electron chi connectivity index (χ1n) is 11.4. The molecule has 2 aromatic carbocycles. The summed E-state index contributed by atoms with van der Waals surface area (Å²) in [6, 6.07) is 17.1. The van der Waals surface area contributed by atoms with E-state index in [4.69, 9.17) is 11.6 Å². The van der Waals surface area contributed by atoms with Crippen LogP contribution in [-0.4, -0.2) is 18.4 Å². The Labute approximate surface area is 188 Å². The van der Waals surface area contributed by atoms with Crippen LogP contribution in [0.1, 0.15) is 55.7 Å². The van der Waals surface area contributed by atoms with Gasteiger partial charge in [-0.1, -0.05) is 54.1 Å². The maximum absolute atomic E-state index is 13.2. The summed E-state index contributed by atoms with van der Waals surface area (Å²) in [4.78, 5) is 26.0. The summed E-state index contributed by atoms with van der Waals surface area (Å²) >= 11 is 6.05. The van der Waals surface area contributed by atoms with Crippen LogP contribution in [0.4, 0.5) is 0 Å². The van der Waals surface area contributed by atoms with Crippen LogP contribution >= 0.6 is 11.6 Å². The lowest BCUT2D eigenvalue weighted by Crippen LogP contribution is -2.54. The van der Waals surface area contributed by atoms with Crippen LogP contribution in [0.15, 0.2) is 54.6 Å². The molecule has 4 aliphatic carbocycles. The van der Waals surface area contributed by atoms with Gasteiger partial charge in [0, 0.05) is 10.4 Å². The molecule has 2 amide bonds. The number of halogens is 1. The molecule has 4 aliphatic rings. The minimum Gasteiger partial charge on any atom is -0.347 e. The predicted molar refractivity (Wildman–Crippen MR) is 121 cm³/mol. The van der Waals surface area contributed by atoms with Crippen molar-refractivity contribution in [2.75, 3.05) is 6.54 Å². The second kappa shape index (κ2) is 8.31.